The number of terminal acetylenes is 1. The third-order valence-electron chi connectivity index (χ3n) is 1.84. The first-order chi connectivity index (χ1) is 6.24. The van der Waals surface area contributed by atoms with E-state index in [1.54, 1.807) is 12.4 Å². The zero-order valence-corrected chi connectivity index (χ0v) is 7.70. The van der Waals surface area contributed by atoms with E-state index in [9.17, 15) is 5.11 Å². The molecule has 68 valence electrons. The van der Waals surface area contributed by atoms with Crippen molar-refractivity contribution in [1.29, 1.82) is 0 Å². The Morgan fingerprint density at radius 2 is 2.38 bits per heavy atom. The molecule has 1 atom stereocenters. The molecule has 0 aliphatic carbocycles. The van der Waals surface area contributed by atoms with E-state index in [4.69, 9.17) is 6.42 Å². The molecule has 0 aliphatic heterocycles. The Balaban J connectivity index is 2.66. The molecule has 0 amide bonds. The highest BCUT2D eigenvalue weighted by Gasteiger charge is 2.06. The van der Waals surface area contributed by atoms with E-state index in [0.29, 0.717) is 12.8 Å². The average Bonchev–Trinajstić information content (AvgIpc) is 2.14. The summed E-state index contributed by atoms with van der Waals surface area (Å²) < 4.78 is 0. The number of hydrogen-bond donors (Lipinski definition) is 1. The van der Waals surface area contributed by atoms with Gasteiger partial charge in [0.25, 0.3) is 0 Å². The molecule has 0 saturated heterocycles. The van der Waals surface area contributed by atoms with Crippen LogP contribution in [0.5, 0.6) is 0 Å². The van der Waals surface area contributed by atoms with Crippen LogP contribution in [0.3, 0.4) is 0 Å². The topological polar surface area (TPSA) is 33.1 Å². The number of rotatable bonds is 3. The van der Waals surface area contributed by atoms with E-state index in [-0.39, 0.29) is 0 Å². The van der Waals surface area contributed by atoms with Gasteiger partial charge in [0.05, 0.1) is 6.10 Å². The molecule has 0 aliphatic rings. The van der Waals surface area contributed by atoms with Crippen LogP contribution in [0.1, 0.15) is 30.1 Å². The minimum absolute atomic E-state index is 0.483. The van der Waals surface area contributed by atoms with E-state index >= 15 is 0 Å². The molecule has 0 fully saturated rings. The van der Waals surface area contributed by atoms with E-state index in [2.05, 4.69) is 10.9 Å². The van der Waals surface area contributed by atoms with Crippen LogP contribution >= 0.6 is 0 Å². The summed E-state index contributed by atoms with van der Waals surface area (Å²) in [6, 6.07) is 1.92. The number of aromatic nitrogens is 1. The number of hydrogen-bond acceptors (Lipinski definition) is 2. The Hall–Kier alpha value is -1.33. The number of nitrogens with zero attached hydrogens (tertiary/aromatic N) is 1. The second-order valence-electron chi connectivity index (χ2n) is 3.05. The maximum absolute atomic E-state index is 9.64. The van der Waals surface area contributed by atoms with Crippen LogP contribution < -0.4 is 0 Å². The fraction of sp³-hybridized carbons (Fsp3) is 0.364. The normalized spacial score (nSPS) is 12.1. The number of pyridine rings is 1. The van der Waals surface area contributed by atoms with E-state index in [0.717, 1.165) is 11.1 Å². The summed E-state index contributed by atoms with van der Waals surface area (Å²) in [6.07, 6.45) is 9.25. The molecule has 1 heterocycles. The van der Waals surface area contributed by atoms with E-state index in [1.807, 2.05) is 13.0 Å². The van der Waals surface area contributed by atoms with Gasteiger partial charge in [0.15, 0.2) is 0 Å². The first-order valence-corrected chi connectivity index (χ1v) is 4.27. The lowest BCUT2D eigenvalue weighted by Gasteiger charge is -2.08. The van der Waals surface area contributed by atoms with Crippen LogP contribution in [0.4, 0.5) is 0 Å². The Labute approximate surface area is 78.6 Å². The smallest absolute Gasteiger partial charge is 0.0814 e. The van der Waals surface area contributed by atoms with Crippen molar-refractivity contribution in [3.63, 3.8) is 0 Å². The van der Waals surface area contributed by atoms with Crippen molar-refractivity contribution in [1.82, 2.24) is 4.98 Å². The standard InChI is InChI=1S/C11H13NO/c1-3-4-5-11(13)10-6-9(2)7-12-8-10/h1,6-8,11,13H,4-5H2,2H3. The van der Waals surface area contributed by atoms with Gasteiger partial charge in [0, 0.05) is 18.8 Å². The quantitative estimate of drug-likeness (QED) is 0.711. The molecular weight excluding hydrogens is 162 g/mol. The van der Waals surface area contributed by atoms with Crippen LogP contribution in [0.25, 0.3) is 0 Å². The molecule has 0 bridgehead atoms. The van der Waals surface area contributed by atoms with Crippen molar-refractivity contribution in [3.8, 4) is 12.3 Å². The monoisotopic (exact) mass is 175 g/mol. The van der Waals surface area contributed by atoms with Gasteiger partial charge in [-0.2, -0.15) is 0 Å². The lowest BCUT2D eigenvalue weighted by molar-refractivity contribution is 0.169. The molecule has 13 heavy (non-hydrogen) atoms. The van der Waals surface area contributed by atoms with Crippen molar-refractivity contribution in [2.24, 2.45) is 0 Å². The number of aliphatic hydroxyl groups excluding tert-OH is 1. The second kappa shape index (κ2) is 4.64. The molecule has 0 spiro atoms. The molecule has 1 unspecified atom stereocenters. The minimum Gasteiger partial charge on any atom is -0.388 e. The highest BCUT2D eigenvalue weighted by atomic mass is 16.3. The van der Waals surface area contributed by atoms with Crippen LogP contribution in [-0.4, -0.2) is 10.1 Å². The molecule has 0 radical (unpaired) electrons. The fourth-order valence-electron chi connectivity index (χ4n) is 1.15. The van der Waals surface area contributed by atoms with E-state index in [1.165, 1.54) is 0 Å². The molecule has 0 saturated carbocycles. The Morgan fingerprint density at radius 3 is 3.00 bits per heavy atom. The van der Waals surface area contributed by atoms with Crippen LogP contribution in [0.2, 0.25) is 0 Å². The van der Waals surface area contributed by atoms with E-state index < -0.39 is 6.10 Å². The van der Waals surface area contributed by atoms with Gasteiger partial charge in [-0.25, -0.2) is 0 Å². The zero-order chi connectivity index (χ0) is 9.68. The average molecular weight is 175 g/mol. The van der Waals surface area contributed by atoms with Crippen molar-refractivity contribution in [2.45, 2.75) is 25.9 Å². The second-order valence-corrected chi connectivity index (χ2v) is 3.05. The van der Waals surface area contributed by atoms with Gasteiger partial charge in [-0.05, 0) is 24.5 Å². The summed E-state index contributed by atoms with van der Waals surface area (Å²) >= 11 is 0. The maximum Gasteiger partial charge on any atom is 0.0814 e. The summed E-state index contributed by atoms with van der Waals surface area (Å²) in [4.78, 5) is 4.00. The molecule has 1 aromatic rings. The third kappa shape index (κ3) is 2.89. The number of aliphatic hydroxyl groups is 1. The molecule has 0 aromatic carbocycles. The summed E-state index contributed by atoms with van der Waals surface area (Å²) in [5.74, 6) is 2.50. The van der Waals surface area contributed by atoms with Gasteiger partial charge >= 0.3 is 0 Å². The SMILES string of the molecule is C#CCCC(O)c1cncc(C)c1. The lowest BCUT2D eigenvalue weighted by Crippen LogP contribution is -1.97. The predicted molar refractivity (Wildman–Crippen MR) is 52.0 cm³/mol. The van der Waals surface area contributed by atoms with Crippen molar-refractivity contribution < 1.29 is 5.11 Å². The van der Waals surface area contributed by atoms with Gasteiger partial charge in [-0.3, -0.25) is 4.98 Å². The first-order valence-electron chi connectivity index (χ1n) is 4.27. The van der Waals surface area contributed by atoms with Gasteiger partial charge in [0.2, 0.25) is 0 Å². The molecule has 1 rings (SSSR count). The Morgan fingerprint density at radius 1 is 1.62 bits per heavy atom. The molecule has 2 nitrogen and oxygen atoms in total. The summed E-state index contributed by atoms with van der Waals surface area (Å²) in [6.45, 7) is 1.95. The van der Waals surface area contributed by atoms with Crippen LogP contribution in [0.15, 0.2) is 18.5 Å². The van der Waals surface area contributed by atoms with Crippen molar-refractivity contribution in [3.05, 3.63) is 29.6 Å². The Kier molecular flexibility index (Phi) is 3.48. The fourth-order valence-corrected chi connectivity index (χ4v) is 1.15. The van der Waals surface area contributed by atoms with Crippen LogP contribution in [0, 0.1) is 19.3 Å². The van der Waals surface area contributed by atoms with Gasteiger partial charge in [-0.1, -0.05) is 6.07 Å². The van der Waals surface area contributed by atoms with Crippen LogP contribution in [-0.2, 0) is 0 Å². The molecule has 2 heteroatoms. The minimum atomic E-state index is -0.483. The van der Waals surface area contributed by atoms with Crippen molar-refractivity contribution >= 4 is 0 Å². The van der Waals surface area contributed by atoms with Gasteiger partial charge in [-0.15, -0.1) is 12.3 Å². The molecule has 1 N–H and O–H groups in total. The van der Waals surface area contributed by atoms with Gasteiger partial charge < -0.3 is 5.11 Å². The maximum atomic E-state index is 9.64. The van der Waals surface area contributed by atoms with Gasteiger partial charge in [0.1, 0.15) is 0 Å². The molecular formula is C11H13NO. The van der Waals surface area contributed by atoms with Crippen molar-refractivity contribution in [2.75, 3.05) is 0 Å². The highest BCUT2D eigenvalue weighted by Crippen LogP contribution is 2.17. The third-order valence-corrected chi connectivity index (χ3v) is 1.84. The highest BCUT2D eigenvalue weighted by molar-refractivity contribution is 5.18. The lowest BCUT2D eigenvalue weighted by atomic mass is 10.1. The summed E-state index contributed by atoms with van der Waals surface area (Å²) in [5, 5.41) is 9.64. The molecule has 1 aromatic heterocycles. The first kappa shape index (κ1) is 9.76. The largest absolute Gasteiger partial charge is 0.388 e. The predicted octanol–water partition coefficient (Wildman–Crippen LogP) is 1.84. The number of aryl methyl sites for hydroxylation is 1. The zero-order valence-electron chi connectivity index (χ0n) is 7.70. The summed E-state index contributed by atoms with van der Waals surface area (Å²) in [5.41, 5.74) is 1.90. The Bertz CT molecular complexity index is 314. The summed E-state index contributed by atoms with van der Waals surface area (Å²) in [7, 11) is 0.